The third kappa shape index (κ3) is 2.74. The lowest BCUT2D eigenvalue weighted by atomic mass is 9.85. The third-order valence-corrected chi connectivity index (χ3v) is 3.02. The van der Waals surface area contributed by atoms with Gasteiger partial charge in [0.1, 0.15) is 12.5 Å². The summed E-state index contributed by atoms with van der Waals surface area (Å²) >= 11 is 0. The molecule has 15 heavy (non-hydrogen) atoms. The molecule has 1 rings (SSSR count). The lowest BCUT2D eigenvalue weighted by Crippen LogP contribution is -2.58. The van der Waals surface area contributed by atoms with E-state index in [1.54, 1.807) is 11.9 Å². The minimum absolute atomic E-state index is 0.0293. The summed E-state index contributed by atoms with van der Waals surface area (Å²) in [5, 5.41) is 19.4. The van der Waals surface area contributed by atoms with Gasteiger partial charge in [0.2, 0.25) is 0 Å². The molecule has 0 aromatic rings. The number of Topliss-reactive ketones (excluding diaryl/α,β-unsaturated/α-hetero) is 1. The number of carbonyl (C=O) groups excluding carboxylic acids is 1. The summed E-state index contributed by atoms with van der Waals surface area (Å²) in [6.07, 6.45) is -1.90. The summed E-state index contributed by atoms with van der Waals surface area (Å²) in [6, 6.07) is -0.664. The van der Waals surface area contributed by atoms with E-state index in [0.29, 0.717) is 6.54 Å². The first-order chi connectivity index (χ1) is 6.97. The second-order valence-electron chi connectivity index (χ2n) is 4.31. The zero-order valence-electron chi connectivity index (χ0n) is 9.06. The monoisotopic (exact) mass is 219 g/mol. The molecule has 1 aliphatic rings. The number of likely N-dealkylation sites (N-methyl/N-ethyl adjacent to an activating group) is 1. The Kier molecular flexibility index (Phi) is 4.19. The Bertz CT molecular complexity index is 237. The van der Waals surface area contributed by atoms with E-state index in [4.69, 9.17) is 0 Å². The summed E-state index contributed by atoms with van der Waals surface area (Å²) in [6.45, 7) is 1.19. The van der Waals surface area contributed by atoms with Crippen molar-refractivity contribution in [3.63, 3.8) is 0 Å². The van der Waals surface area contributed by atoms with E-state index >= 15 is 0 Å². The highest BCUT2D eigenvalue weighted by molar-refractivity contribution is 5.75. The Morgan fingerprint density at radius 3 is 2.53 bits per heavy atom. The van der Waals surface area contributed by atoms with E-state index in [9.17, 15) is 19.4 Å². The Morgan fingerprint density at radius 1 is 1.47 bits per heavy atom. The number of nitrogens with zero attached hydrogens (tertiary/aromatic N) is 1. The number of alkyl halides is 1. The number of aliphatic hydroxyl groups excluding tert-OH is 2. The van der Waals surface area contributed by atoms with E-state index in [1.165, 1.54) is 6.92 Å². The second-order valence-corrected chi connectivity index (χ2v) is 4.31. The van der Waals surface area contributed by atoms with Crippen LogP contribution in [0, 0.1) is 5.92 Å². The third-order valence-electron chi connectivity index (χ3n) is 3.02. The smallest absolute Gasteiger partial charge is 0.130 e. The number of piperidine rings is 1. The molecule has 4 atom stereocenters. The van der Waals surface area contributed by atoms with Gasteiger partial charge >= 0.3 is 0 Å². The van der Waals surface area contributed by atoms with Gasteiger partial charge in [0.15, 0.2) is 0 Å². The quantitative estimate of drug-likeness (QED) is 0.677. The van der Waals surface area contributed by atoms with Gasteiger partial charge in [0, 0.05) is 18.9 Å². The predicted molar refractivity (Wildman–Crippen MR) is 53.2 cm³/mol. The van der Waals surface area contributed by atoms with Gasteiger partial charge in [-0.05, 0) is 14.0 Å². The van der Waals surface area contributed by atoms with Gasteiger partial charge in [0.05, 0.1) is 18.2 Å². The molecule has 5 heteroatoms. The van der Waals surface area contributed by atoms with Crippen molar-refractivity contribution < 1.29 is 19.4 Å². The fourth-order valence-corrected chi connectivity index (χ4v) is 2.14. The van der Waals surface area contributed by atoms with Crippen molar-refractivity contribution in [2.45, 2.75) is 31.6 Å². The second kappa shape index (κ2) is 5.01. The Hall–Kier alpha value is -0.520. The van der Waals surface area contributed by atoms with Crippen molar-refractivity contribution >= 4 is 5.78 Å². The molecule has 2 N–H and O–H groups in total. The lowest BCUT2D eigenvalue weighted by Gasteiger charge is -2.42. The topological polar surface area (TPSA) is 60.8 Å². The first-order valence-corrected chi connectivity index (χ1v) is 5.09. The van der Waals surface area contributed by atoms with Crippen molar-refractivity contribution in [1.82, 2.24) is 4.90 Å². The number of ketones is 1. The summed E-state index contributed by atoms with van der Waals surface area (Å²) in [7, 11) is 1.69. The van der Waals surface area contributed by atoms with Gasteiger partial charge in [-0.15, -0.1) is 0 Å². The summed E-state index contributed by atoms with van der Waals surface area (Å²) in [4.78, 5) is 12.6. The van der Waals surface area contributed by atoms with Gasteiger partial charge in [-0.3, -0.25) is 4.90 Å². The van der Waals surface area contributed by atoms with Crippen molar-refractivity contribution in [3.8, 4) is 0 Å². The van der Waals surface area contributed by atoms with Crippen LogP contribution in [0.1, 0.15) is 13.3 Å². The molecule has 0 aromatic heterocycles. The number of likely N-dealkylation sites (tertiary alicyclic amines) is 1. The van der Waals surface area contributed by atoms with Gasteiger partial charge < -0.3 is 15.0 Å². The fraction of sp³-hybridized carbons (Fsp3) is 0.900. The van der Waals surface area contributed by atoms with E-state index in [-0.39, 0.29) is 18.1 Å². The molecule has 0 aromatic carbocycles. The molecule has 0 radical (unpaired) electrons. The molecule has 1 fully saturated rings. The van der Waals surface area contributed by atoms with Crippen LogP contribution in [0.4, 0.5) is 4.39 Å². The van der Waals surface area contributed by atoms with Crippen molar-refractivity contribution in [2.24, 2.45) is 5.92 Å². The van der Waals surface area contributed by atoms with Crippen molar-refractivity contribution in [2.75, 3.05) is 20.3 Å². The molecule has 4 nitrogen and oxygen atoms in total. The molecule has 88 valence electrons. The van der Waals surface area contributed by atoms with E-state index in [0.717, 1.165) is 0 Å². The summed E-state index contributed by atoms with van der Waals surface area (Å²) in [5.74, 6) is -0.330. The number of rotatable bonds is 3. The number of aliphatic hydroxyl groups is 2. The first-order valence-electron chi connectivity index (χ1n) is 5.09. The number of hydrogen-bond donors (Lipinski definition) is 2. The Labute approximate surface area is 88.7 Å². The van der Waals surface area contributed by atoms with Crippen LogP contribution in [-0.4, -0.2) is 59.4 Å². The maximum absolute atomic E-state index is 12.6. The molecule has 0 aliphatic carbocycles. The number of halogens is 1. The summed E-state index contributed by atoms with van der Waals surface area (Å²) < 4.78 is 12.6. The average molecular weight is 219 g/mol. The Balaban J connectivity index is 2.68. The number of carbonyl (C=O) groups is 1. The molecule has 0 bridgehead atoms. The molecule has 1 saturated heterocycles. The van der Waals surface area contributed by atoms with Gasteiger partial charge in [-0.25, -0.2) is 4.39 Å². The van der Waals surface area contributed by atoms with Gasteiger partial charge in [-0.1, -0.05) is 0 Å². The van der Waals surface area contributed by atoms with Crippen LogP contribution in [0.3, 0.4) is 0 Å². The predicted octanol–water partition coefficient (Wildman–Crippen LogP) is -0.413. The van der Waals surface area contributed by atoms with Crippen molar-refractivity contribution in [1.29, 1.82) is 0 Å². The van der Waals surface area contributed by atoms with E-state index < -0.39 is 24.9 Å². The minimum Gasteiger partial charge on any atom is -0.390 e. The van der Waals surface area contributed by atoms with Gasteiger partial charge in [-0.2, -0.15) is 0 Å². The van der Waals surface area contributed by atoms with Crippen LogP contribution in [0.2, 0.25) is 0 Å². The van der Waals surface area contributed by atoms with Crippen LogP contribution in [0.15, 0.2) is 0 Å². The van der Waals surface area contributed by atoms with Crippen LogP contribution < -0.4 is 0 Å². The zero-order chi connectivity index (χ0) is 11.6. The molecular formula is C10H18FNO3. The minimum atomic E-state index is -1.11. The largest absolute Gasteiger partial charge is 0.390 e. The SMILES string of the molecule is CC(=O)C[C@H]1CN(C)[C@H](CF)[C@@H](O)[C@@H]1O. The highest BCUT2D eigenvalue weighted by Crippen LogP contribution is 2.24. The van der Waals surface area contributed by atoms with Crippen molar-refractivity contribution in [3.05, 3.63) is 0 Å². The van der Waals surface area contributed by atoms with E-state index in [1.807, 2.05) is 0 Å². The lowest BCUT2D eigenvalue weighted by molar-refractivity contribution is -0.128. The average Bonchev–Trinajstić information content (AvgIpc) is 2.14. The maximum atomic E-state index is 12.6. The highest BCUT2D eigenvalue weighted by atomic mass is 19.1. The highest BCUT2D eigenvalue weighted by Gasteiger charge is 2.40. The van der Waals surface area contributed by atoms with E-state index in [2.05, 4.69) is 0 Å². The molecule has 0 saturated carbocycles. The van der Waals surface area contributed by atoms with Gasteiger partial charge in [0.25, 0.3) is 0 Å². The van der Waals surface area contributed by atoms with Crippen LogP contribution in [-0.2, 0) is 4.79 Å². The molecule has 1 heterocycles. The Morgan fingerprint density at radius 2 is 2.07 bits per heavy atom. The number of hydrogen-bond acceptors (Lipinski definition) is 4. The summed E-state index contributed by atoms with van der Waals surface area (Å²) in [5.41, 5.74) is 0. The van der Waals surface area contributed by atoms with Crippen LogP contribution >= 0.6 is 0 Å². The van der Waals surface area contributed by atoms with Crippen LogP contribution in [0.5, 0.6) is 0 Å². The molecule has 1 aliphatic heterocycles. The van der Waals surface area contributed by atoms with Crippen LogP contribution in [0.25, 0.3) is 0 Å². The zero-order valence-corrected chi connectivity index (χ0v) is 9.06. The molecule has 0 spiro atoms. The molecule has 0 unspecified atom stereocenters. The molecule has 0 amide bonds. The fourth-order valence-electron chi connectivity index (χ4n) is 2.14. The standard InChI is InChI=1S/C10H18FNO3/c1-6(13)3-7-5-12(2)8(4-11)10(15)9(7)14/h7-10,14-15H,3-5H2,1-2H3/t7-,8+,9+,10+/m0/s1. The maximum Gasteiger partial charge on any atom is 0.130 e. The normalized spacial score (nSPS) is 37.9. The first kappa shape index (κ1) is 12.5. The molecular weight excluding hydrogens is 201 g/mol.